The Morgan fingerprint density at radius 1 is 1.07 bits per heavy atom. The van der Waals surface area contributed by atoms with Crippen LogP contribution in [0.25, 0.3) is 11.4 Å². The molecule has 0 aliphatic heterocycles. The first-order valence-corrected chi connectivity index (χ1v) is 9.02. The predicted molar refractivity (Wildman–Crippen MR) is 108 cm³/mol. The van der Waals surface area contributed by atoms with E-state index in [2.05, 4.69) is 20.0 Å². The van der Waals surface area contributed by atoms with Crippen LogP contribution in [-0.4, -0.2) is 16.0 Å². The van der Waals surface area contributed by atoms with Crippen LogP contribution in [-0.2, 0) is 6.61 Å². The molecule has 0 unspecified atom stereocenters. The van der Waals surface area contributed by atoms with Crippen LogP contribution in [0.4, 0.5) is 10.1 Å². The van der Waals surface area contributed by atoms with Gasteiger partial charge in [0.1, 0.15) is 18.2 Å². The number of hydrogen-bond acceptors (Lipinski definition) is 5. The highest BCUT2D eigenvalue weighted by molar-refractivity contribution is 6.06. The summed E-state index contributed by atoms with van der Waals surface area (Å²) in [5.41, 5.74) is 2.22. The van der Waals surface area contributed by atoms with Gasteiger partial charge in [-0.05, 0) is 42.0 Å². The van der Waals surface area contributed by atoms with Gasteiger partial charge in [0, 0.05) is 11.3 Å². The molecule has 1 aromatic heterocycles. The van der Waals surface area contributed by atoms with E-state index in [1.807, 2.05) is 0 Å². The molecule has 8 heteroatoms. The van der Waals surface area contributed by atoms with Crippen molar-refractivity contribution in [2.24, 2.45) is 0 Å². The number of aromatic amines is 1. The van der Waals surface area contributed by atoms with Crippen molar-refractivity contribution >= 4 is 11.6 Å². The zero-order valence-corrected chi connectivity index (χ0v) is 15.6. The summed E-state index contributed by atoms with van der Waals surface area (Å²) in [6, 6.07) is 19.6. The highest BCUT2D eigenvalue weighted by Crippen LogP contribution is 2.23. The number of nitrogens with one attached hydrogen (secondary N) is 2. The maximum Gasteiger partial charge on any atom is 0.439 e. The average Bonchev–Trinajstić information content (AvgIpc) is 3.20. The number of amides is 1. The van der Waals surface area contributed by atoms with Crippen LogP contribution < -0.4 is 15.8 Å². The molecule has 0 spiro atoms. The average molecular weight is 405 g/mol. The SMILES string of the molecule is O=C(Nc1cccc(-c2noc(=O)[nH]2)c1)c1ccccc1OCc1ccc(F)cc1. The van der Waals surface area contributed by atoms with Crippen LogP contribution in [0.5, 0.6) is 5.75 Å². The number of carbonyl (C=O) groups is 1. The second kappa shape index (κ2) is 8.44. The molecule has 0 radical (unpaired) electrons. The lowest BCUT2D eigenvalue weighted by atomic mass is 10.1. The third-order valence-electron chi connectivity index (χ3n) is 4.27. The molecule has 4 aromatic rings. The van der Waals surface area contributed by atoms with Crippen molar-refractivity contribution in [2.75, 3.05) is 5.32 Å². The number of para-hydroxylation sites is 1. The normalized spacial score (nSPS) is 10.6. The Morgan fingerprint density at radius 2 is 1.87 bits per heavy atom. The zero-order valence-electron chi connectivity index (χ0n) is 15.6. The van der Waals surface area contributed by atoms with E-state index in [0.29, 0.717) is 22.6 Å². The number of aromatic nitrogens is 2. The Balaban J connectivity index is 1.50. The molecule has 30 heavy (non-hydrogen) atoms. The minimum Gasteiger partial charge on any atom is -0.488 e. The molecule has 0 saturated heterocycles. The monoisotopic (exact) mass is 405 g/mol. The van der Waals surface area contributed by atoms with Gasteiger partial charge >= 0.3 is 5.76 Å². The van der Waals surface area contributed by atoms with Gasteiger partial charge < -0.3 is 10.1 Å². The van der Waals surface area contributed by atoms with Crippen LogP contribution >= 0.6 is 0 Å². The number of halogens is 1. The molecule has 0 saturated carbocycles. The van der Waals surface area contributed by atoms with Gasteiger partial charge in [0.2, 0.25) is 0 Å². The number of rotatable bonds is 6. The Morgan fingerprint density at radius 3 is 2.63 bits per heavy atom. The zero-order chi connectivity index (χ0) is 20.9. The van der Waals surface area contributed by atoms with Gasteiger partial charge in [0.15, 0.2) is 5.82 Å². The summed E-state index contributed by atoms with van der Waals surface area (Å²) in [7, 11) is 0. The Hall–Kier alpha value is -4.20. The lowest BCUT2D eigenvalue weighted by Crippen LogP contribution is -2.13. The molecule has 1 heterocycles. The van der Waals surface area contributed by atoms with Gasteiger partial charge in [-0.25, -0.2) is 9.18 Å². The van der Waals surface area contributed by atoms with Gasteiger partial charge in [-0.1, -0.05) is 41.6 Å². The molecule has 1 amide bonds. The van der Waals surface area contributed by atoms with E-state index in [-0.39, 0.29) is 24.2 Å². The van der Waals surface area contributed by atoms with Gasteiger partial charge in [-0.3, -0.25) is 14.3 Å². The minimum atomic E-state index is -0.660. The van der Waals surface area contributed by atoms with Crippen molar-refractivity contribution in [3.63, 3.8) is 0 Å². The van der Waals surface area contributed by atoms with Crippen LogP contribution in [0.2, 0.25) is 0 Å². The third-order valence-corrected chi connectivity index (χ3v) is 4.27. The summed E-state index contributed by atoms with van der Waals surface area (Å²) in [6.07, 6.45) is 0. The first-order chi connectivity index (χ1) is 14.6. The van der Waals surface area contributed by atoms with Crippen molar-refractivity contribution < 1.29 is 18.4 Å². The second-order valence-corrected chi connectivity index (χ2v) is 6.39. The highest BCUT2D eigenvalue weighted by atomic mass is 19.1. The predicted octanol–water partition coefficient (Wildman–Crippen LogP) is 4.00. The third kappa shape index (κ3) is 4.44. The molecule has 4 rings (SSSR count). The fourth-order valence-corrected chi connectivity index (χ4v) is 2.82. The molecule has 2 N–H and O–H groups in total. The standard InChI is InChI=1S/C22H16FN3O4/c23-16-10-8-14(9-11-16)13-29-19-7-2-1-6-18(19)21(27)24-17-5-3-4-15(12-17)20-25-22(28)30-26-20/h1-12H,13H2,(H,24,27)(H,25,26,28). The molecule has 3 aromatic carbocycles. The highest BCUT2D eigenvalue weighted by Gasteiger charge is 2.13. The maximum absolute atomic E-state index is 13.0. The summed E-state index contributed by atoms with van der Waals surface area (Å²) in [6.45, 7) is 0.194. The molecule has 0 atom stereocenters. The lowest BCUT2D eigenvalue weighted by molar-refractivity contribution is 0.102. The van der Waals surface area contributed by atoms with Crippen LogP contribution in [0.1, 0.15) is 15.9 Å². The summed E-state index contributed by atoms with van der Waals surface area (Å²) < 4.78 is 23.3. The number of benzene rings is 3. The fourth-order valence-electron chi connectivity index (χ4n) is 2.82. The Bertz CT molecular complexity index is 1230. The lowest BCUT2D eigenvalue weighted by Gasteiger charge is -2.12. The summed E-state index contributed by atoms with van der Waals surface area (Å²) in [5.74, 6) is -0.687. The number of nitrogens with zero attached hydrogens (tertiary/aromatic N) is 1. The van der Waals surface area contributed by atoms with Crippen LogP contribution in [0, 0.1) is 5.82 Å². The number of anilines is 1. The van der Waals surface area contributed by atoms with E-state index < -0.39 is 5.76 Å². The molecule has 0 aliphatic carbocycles. The summed E-state index contributed by atoms with van der Waals surface area (Å²) >= 11 is 0. The number of H-pyrrole nitrogens is 1. The summed E-state index contributed by atoms with van der Waals surface area (Å²) in [4.78, 5) is 26.4. The number of carbonyl (C=O) groups excluding carboxylic acids is 1. The van der Waals surface area contributed by atoms with Gasteiger partial charge in [0.05, 0.1) is 5.56 Å². The van der Waals surface area contributed by atoms with Gasteiger partial charge in [0.25, 0.3) is 5.91 Å². The van der Waals surface area contributed by atoms with Crippen molar-refractivity contribution in [2.45, 2.75) is 6.61 Å². The largest absolute Gasteiger partial charge is 0.488 e. The first kappa shape index (κ1) is 19.1. The molecule has 7 nitrogen and oxygen atoms in total. The van der Waals surface area contributed by atoms with E-state index in [0.717, 1.165) is 5.56 Å². The molecule has 0 bridgehead atoms. The quantitative estimate of drug-likeness (QED) is 0.505. The number of ether oxygens (including phenoxy) is 1. The minimum absolute atomic E-state index is 0.194. The number of hydrogen-bond donors (Lipinski definition) is 2. The molecule has 0 fully saturated rings. The van der Waals surface area contributed by atoms with E-state index in [1.165, 1.54) is 12.1 Å². The van der Waals surface area contributed by atoms with E-state index in [4.69, 9.17) is 4.74 Å². The van der Waals surface area contributed by atoms with E-state index in [1.54, 1.807) is 60.7 Å². The van der Waals surface area contributed by atoms with Gasteiger partial charge in [-0.15, -0.1) is 0 Å². The molecule has 150 valence electrons. The molecular weight excluding hydrogens is 389 g/mol. The molecule has 0 aliphatic rings. The van der Waals surface area contributed by atoms with Crippen molar-refractivity contribution in [3.8, 4) is 17.1 Å². The van der Waals surface area contributed by atoms with Crippen molar-refractivity contribution in [3.05, 3.63) is 100 Å². The molecular formula is C22H16FN3O4. The van der Waals surface area contributed by atoms with Crippen molar-refractivity contribution in [1.29, 1.82) is 0 Å². The van der Waals surface area contributed by atoms with Gasteiger partial charge in [-0.2, -0.15) is 0 Å². The van der Waals surface area contributed by atoms with E-state index >= 15 is 0 Å². The summed E-state index contributed by atoms with van der Waals surface area (Å²) in [5, 5.41) is 6.44. The Labute approximate surface area is 170 Å². The topological polar surface area (TPSA) is 97.2 Å². The Kier molecular flexibility index (Phi) is 5.38. The van der Waals surface area contributed by atoms with Crippen LogP contribution in [0.15, 0.2) is 82.1 Å². The maximum atomic E-state index is 13.0. The smallest absolute Gasteiger partial charge is 0.439 e. The first-order valence-electron chi connectivity index (χ1n) is 9.02. The van der Waals surface area contributed by atoms with Crippen LogP contribution in [0.3, 0.4) is 0 Å². The fraction of sp³-hybridized carbons (Fsp3) is 0.0455. The van der Waals surface area contributed by atoms with Crippen molar-refractivity contribution in [1.82, 2.24) is 10.1 Å². The second-order valence-electron chi connectivity index (χ2n) is 6.39. The van der Waals surface area contributed by atoms with E-state index in [9.17, 15) is 14.0 Å².